The van der Waals surface area contributed by atoms with E-state index in [4.69, 9.17) is 5.11 Å². The van der Waals surface area contributed by atoms with Crippen molar-refractivity contribution in [2.75, 3.05) is 0 Å². The van der Waals surface area contributed by atoms with Crippen molar-refractivity contribution in [3.05, 3.63) is 37.3 Å². The average molecular weight is 123 g/mol. The molecule has 2 heteroatoms. The Morgan fingerprint density at radius 1 is 1.33 bits per heavy atom. The lowest BCUT2D eigenvalue weighted by atomic mass is 10.6. The van der Waals surface area contributed by atoms with E-state index in [2.05, 4.69) is 18.2 Å². The molecule has 0 rings (SSSR count). The normalized spacial score (nSPS) is 11.8. The second-order valence-corrected chi connectivity index (χ2v) is 1.27. The van der Waals surface area contributed by atoms with Crippen molar-refractivity contribution >= 4 is 6.21 Å². The summed E-state index contributed by atoms with van der Waals surface area (Å²) in [5.74, 6) is -0.0649. The van der Waals surface area contributed by atoms with Crippen molar-refractivity contribution < 1.29 is 5.11 Å². The quantitative estimate of drug-likeness (QED) is 0.346. The van der Waals surface area contributed by atoms with Crippen molar-refractivity contribution in [2.45, 2.75) is 0 Å². The standard InChI is InChI=1S/C7H9NO/c1-3-5-7(9)8-6-4-2/h3-6,9H,1-2H2/b7-5+,8-6?. The van der Waals surface area contributed by atoms with Gasteiger partial charge in [0.1, 0.15) is 0 Å². The topological polar surface area (TPSA) is 32.6 Å². The lowest BCUT2D eigenvalue weighted by Gasteiger charge is -1.82. The van der Waals surface area contributed by atoms with Crippen molar-refractivity contribution in [1.82, 2.24) is 0 Å². The smallest absolute Gasteiger partial charge is 0.210 e. The molecule has 0 atom stereocenters. The van der Waals surface area contributed by atoms with E-state index in [9.17, 15) is 0 Å². The predicted molar refractivity (Wildman–Crippen MR) is 39.6 cm³/mol. The monoisotopic (exact) mass is 123 g/mol. The lowest BCUT2D eigenvalue weighted by molar-refractivity contribution is 0.408. The van der Waals surface area contributed by atoms with E-state index >= 15 is 0 Å². The number of aliphatic hydroxyl groups is 1. The Bertz CT molecular complexity index is 156. The molecule has 0 aromatic rings. The van der Waals surface area contributed by atoms with Crippen LogP contribution in [0, 0.1) is 0 Å². The van der Waals surface area contributed by atoms with Crippen molar-refractivity contribution in [3.63, 3.8) is 0 Å². The largest absolute Gasteiger partial charge is 0.493 e. The van der Waals surface area contributed by atoms with Gasteiger partial charge < -0.3 is 5.11 Å². The molecule has 0 heterocycles. The molecule has 0 aliphatic carbocycles. The molecule has 1 N–H and O–H groups in total. The van der Waals surface area contributed by atoms with Crippen LogP contribution in [0.5, 0.6) is 0 Å². The molecule has 0 fully saturated rings. The van der Waals surface area contributed by atoms with Gasteiger partial charge in [-0.3, -0.25) is 0 Å². The number of hydrogen-bond acceptors (Lipinski definition) is 2. The van der Waals surface area contributed by atoms with E-state index in [1.165, 1.54) is 24.4 Å². The highest BCUT2D eigenvalue weighted by atomic mass is 16.3. The summed E-state index contributed by atoms with van der Waals surface area (Å²) in [4.78, 5) is 3.53. The van der Waals surface area contributed by atoms with Gasteiger partial charge in [0.05, 0.1) is 0 Å². The van der Waals surface area contributed by atoms with Gasteiger partial charge in [0, 0.05) is 6.21 Å². The first-order valence-corrected chi connectivity index (χ1v) is 2.48. The highest BCUT2D eigenvalue weighted by molar-refractivity contribution is 5.70. The summed E-state index contributed by atoms with van der Waals surface area (Å²) in [6.45, 7) is 6.75. The number of nitrogens with zero attached hydrogens (tertiary/aromatic N) is 1. The number of aliphatic hydroxyl groups excluding tert-OH is 1. The van der Waals surface area contributed by atoms with E-state index in [1.807, 2.05) is 0 Å². The third-order valence-electron chi connectivity index (χ3n) is 0.579. The molecule has 0 bridgehead atoms. The predicted octanol–water partition coefficient (Wildman–Crippen LogP) is 1.83. The van der Waals surface area contributed by atoms with Gasteiger partial charge in [-0.25, -0.2) is 4.99 Å². The Morgan fingerprint density at radius 3 is 2.44 bits per heavy atom. The Kier molecular flexibility index (Phi) is 4.14. The van der Waals surface area contributed by atoms with Crippen LogP contribution < -0.4 is 0 Å². The van der Waals surface area contributed by atoms with Crippen molar-refractivity contribution in [3.8, 4) is 0 Å². The number of rotatable bonds is 3. The maximum absolute atomic E-state index is 8.72. The third-order valence-corrected chi connectivity index (χ3v) is 0.579. The lowest BCUT2D eigenvalue weighted by Crippen LogP contribution is -1.72. The summed E-state index contributed by atoms with van der Waals surface area (Å²) in [5, 5.41) is 8.72. The third kappa shape index (κ3) is 4.55. The molecule has 0 aromatic heterocycles. The number of aliphatic imine (C=N–C) groups is 1. The fourth-order valence-corrected chi connectivity index (χ4v) is 0.278. The summed E-state index contributed by atoms with van der Waals surface area (Å²) in [6, 6.07) is 0. The Hall–Kier alpha value is -1.31. The zero-order valence-corrected chi connectivity index (χ0v) is 5.12. The zero-order valence-electron chi connectivity index (χ0n) is 5.12. The van der Waals surface area contributed by atoms with Gasteiger partial charge in [-0.1, -0.05) is 25.3 Å². The van der Waals surface area contributed by atoms with Crippen molar-refractivity contribution in [1.29, 1.82) is 0 Å². The summed E-state index contributed by atoms with van der Waals surface area (Å²) >= 11 is 0. The van der Waals surface area contributed by atoms with Crippen LogP contribution in [0.2, 0.25) is 0 Å². The van der Waals surface area contributed by atoms with Crippen LogP contribution in [0.4, 0.5) is 0 Å². The van der Waals surface area contributed by atoms with Crippen LogP contribution in [0.15, 0.2) is 42.3 Å². The first-order chi connectivity index (χ1) is 4.31. The SMILES string of the molecule is C=CC=N/C(O)=C\C=C. The van der Waals surface area contributed by atoms with Gasteiger partial charge in [-0.2, -0.15) is 0 Å². The van der Waals surface area contributed by atoms with E-state index < -0.39 is 0 Å². The molecule has 0 radical (unpaired) electrons. The molecule has 2 nitrogen and oxygen atoms in total. The van der Waals surface area contributed by atoms with Crippen LogP contribution in [-0.2, 0) is 0 Å². The van der Waals surface area contributed by atoms with Crippen LogP contribution in [0.3, 0.4) is 0 Å². The van der Waals surface area contributed by atoms with Gasteiger partial charge >= 0.3 is 0 Å². The molecule has 0 spiro atoms. The van der Waals surface area contributed by atoms with Crippen LogP contribution in [-0.4, -0.2) is 11.3 Å². The molecule has 9 heavy (non-hydrogen) atoms. The van der Waals surface area contributed by atoms with Gasteiger partial charge in [-0.15, -0.1) is 0 Å². The van der Waals surface area contributed by atoms with Crippen LogP contribution >= 0.6 is 0 Å². The van der Waals surface area contributed by atoms with Gasteiger partial charge in [0.15, 0.2) is 0 Å². The summed E-state index contributed by atoms with van der Waals surface area (Å²) < 4.78 is 0. The maximum atomic E-state index is 8.72. The highest BCUT2D eigenvalue weighted by Gasteiger charge is 1.76. The average Bonchev–Trinajstić information content (AvgIpc) is 1.85. The molecule has 0 aliphatic heterocycles. The van der Waals surface area contributed by atoms with Crippen LogP contribution in [0.1, 0.15) is 0 Å². The van der Waals surface area contributed by atoms with E-state index in [-0.39, 0.29) is 5.88 Å². The highest BCUT2D eigenvalue weighted by Crippen LogP contribution is 1.87. The van der Waals surface area contributed by atoms with E-state index in [0.29, 0.717) is 0 Å². The summed E-state index contributed by atoms with van der Waals surface area (Å²) in [6.07, 6.45) is 5.72. The van der Waals surface area contributed by atoms with Crippen LogP contribution in [0.25, 0.3) is 0 Å². The molecular formula is C7H9NO. The fourth-order valence-electron chi connectivity index (χ4n) is 0.278. The first kappa shape index (κ1) is 7.69. The second kappa shape index (κ2) is 4.84. The summed E-state index contributed by atoms with van der Waals surface area (Å²) in [7, 11) is 0. The molecule has 0 amide bonds. The molecule has 48 valence electrons. The Labute approximate surface area is 54.5 Å². The minimum Gasteiger partial charge on any atom is -0.493 e. The number of allylic oxidation sites excluding steroid dienone is 3. The van der Waals surface area contributed by atoms with Crippen molar-refractivity contribution in [2.24, 2.45) is 4.99 Å². The maximum Gasteiger partial charge on any atom is 0.210 e. The molecule has 0 aromatic carbocycles. The molecular weight excluding hydrogens is 114 g/mol. The van der Waals surface area contributed by atoms with E-state index in [1.54, 1.807) is 0 Å². The van der Waals surface area contributed by atoms with Gasteiger partial charge in [0.25, 0.3) is 0 Å². The molecule has 0 saturated heterocycles. The first-order valence-electron chi connectivity index (χ1n) is 2.48. The summed E-state index contributed by atoms with van der Waals surface area (Å²) in [5.41, 5.74) is 0. The fraction of sp³-hybridized carbons (Fsp3) is 0. The molecule has 0 aliphatic rings. The van der Waals surface area contributed by atoms with Gasteiger partial charge in [0.2, 0.25) is 5.88 Å². The zero-order chi connectivity index (χ0) is 7.11. The van der Waals surface area contributed by atoms with E-state index in [0.717, 1.165) is 0 Å². The van der Waals surface area contributed by atoms with Gasteiger partial charge in [-0.05, 0) is 6.08 Å². The Balaban J connectivity index is 3.88. The minimum absolute atomic E-state index is 0.0649. The number of hydrogen-bond donors (Lipinski definition) is 1. The molecule has 0 saturated carbocycles. The Morgan fingerprint density at radius 2 is 2.00 bits per heavy atom. The minimum atomic E-state index is -0.0649. The second-order valence-electron chi connectivity index (χ2n) is 1.27. The molecule has 0 unspecified atom stereocenters.